The molecule has 0 aromatic carbocycles. The van der Waals surface area contributed by atoms with Crippen LogP contribution in [0.2, 0.25) is 0 Å². The van der Waals surface area contributed by atoms with Gasteiger partial charge in [0, 0.05) is 24.7 Å². The molecule has 5 aliphatic rings. The van der Waals surface area contributed by atoms with E-state index in [2.05, 4.69) is 36.1 Å². The van der Waals surface area contributed by atoms with E-state index in [0.29, 0.717) is 53.6 Å². The number of hydrazine groups is 1. The first-order valence-electron chi connectivity index (χ1n) is 13.3. The number of rotatable bonds is 3. The van der Waals surface area contributed by atoms with Gasteiger partial charge >= 0.3 is 0 Å². The Morgan fingerprint density at radius 1 is 0.839 bits per heavy atom. The summed E-state index contributed by atoms with van der Waals surface area (Å²) in [6.07, 6.45) is 12.2. The van der Waals surface area contributed by atoms with E-state index < -0.39 is 6.17 Å². The van der Waals surface area contributed by atoms with Crippen molar-refractivity contribution in [1.29, 1.82) is 5.26 Å². The van der Waals surface area contributed by atoms with Crippen LogP contribution in [0.1, 0.15) is 84.5 Å². The molecule has 174 valence electrons. The summed E-state index contributed by atoms with van der Waals surface area (Å²) >= 11 is 0. The lowest BCUT2D eigenvalue weighted by Gasteiger charge is -2.50. The Morgan fingerprint density at radius 3 is 2.32 bits per heavy atom. The normalized spacial score (nSPS) is 48.5. The maximum atomic E-state index is 14.8. The SMILES string of the molecule is CC(C)(C#N)C1CCC(C2NNC3CNC4CCC(C5CCCCC5F)CC4C32)CC1. The van der Waals surface area contributed by atoms with E-state index in [-0.39, 0.29) is 5.41 Å². The van der Waals surface area contributed by atoms with Crippen molar-refractivity contribution in [2.75, 3.05) is 6.54 Å². The zero-order chi connectivity index (χ0) is 21.6. The minimum absolute atomic E-state index is 0.200. The van der Waals surface area contributed by atoms with Crippen LogP contribution >= 0.6 is 0 Å². The molecule has 5 fully saturated rings. The van der Waals surface area contributed by atoms with Crippen LogP contribution in [0.5, 0.6) is 0 Å². The van der Waals surface area contributed by atoms with Gasteiger partial charge in [-0.2, -0.15) is 5.26 Å². The fraction of sp³-hybridized carbons (Fsp3) is 0.962. The minimum Gasteiger partial charge on any atom is -0.312 e. The van der Waals surface area contributed by atoms with E-state index in [1.165, 1.54) is 51.4 Å². The number of hydrogen-bond donors (Lipinski definition) is 3. The maximum Gasteiger partial charge on any atom is 0.103 e. The average molecular weight is 431 g/mol. The standard InChI is InChI=1S/C26H43FN4/c1-26(2,15-28)18-10-7-16(8-11-18)25-24-20-13-17(19-5-3-4-6-21(19)27)9-12-22(20)29-14-23(24)30-31-25/h16-25,29-31H,3-14H2,1-2H3. The molecule has 0 radical (unpaired) electrons. The molecule has 8 unspecified atom stereocenters. The molecular weight excluding hydrogens is 387 g/mol. The highest BCUT2D eigenvalue weighted by Crippen LogP contribution is 2.49. The molecule has 5 heteroatoms. The van der Waals surface area contributed by atoms with E-state index in [4.69, 9.17) is 0 Å². The van der Waals surface area contributed by atoms with Crippen molar-refractivity contribution in [3.63, 3.8) is 0 Å². The Balaban J connectivity index is 1.27. The number of piperidine rings is 1. The number of fused-ring (bicyclic) bond motifs is 3. The smallest absolute Gasteiger partial charge is 0.103 e. The summed E-state index contributed by atoms with van der Waals surface area (Å²) in [5, 5.41) is 13.4. The van der Waals surface area contributed by atoms with Gasteiger partial charge in [0.1, 0.15) is 6.17 Å². The molecule has 31 heavy (non-hydrogen) atoms. The van der Waals surface area contributed by atoms with Gasteiger partial charge in [0.25, 0.3) is 0 Å². The number of hydrogen-bond acceptors (Lipinski definition) is 4. The molecule has 0 aromatic rings. The van der Waals surface area contributed by atoms with Gasteiger partial charge in [-0.25, -0.2) is 4.39 Å². The van der Waals surface area contributed by atoms with Crippen LogP contribution in [0.4, 0.5) is 4.39 Å². The number of nitriles is 1. The molecule has 2 heterocycles. The highest BCUT2D eigenvalue weighted by atomic mass is 19.1. The molecule has 3 N–H and O–H groups in total. The van der Waals surface area contributed by atoms with Crippen LogP contribution in [0, 0.1) is 52.3 Å². The van der Waals surface area contributed by atoms with Crippen LogP contribution in [-0.2, 0) is 0 Å². The number of nitrogens with one attached hydrogen (secondary N) is 3. The third-order valence-electron chi connectivity index (χ3n) is 10.3. The zero-order valence-corrected chi connectivity index (χ0v) is 19.6. The second-order valence-electron chi connectivity index (χ2n) is 12.2. The first-order chi connectivity index (χ1) is 15.0. The number of nitrogens with zero attached hydrogens (tertiary/aromatic N) is 1. The second-order valence-corrected chi connectivity index (χ2v) is 12.2. The molecule has 3 aliphatic carbocycles. The summed E-state index contributed by atoms with van der Waals surface area (Å²) in [6.45, 7) is 5.30. The van der Waals surface area contributed by atoms with Gasteiger partial charge in [-0.3, -0.25) is 10.9 Å². The molecule has 8 atom stereocenters. The quantitative estimate of drug-likeness (QED) is 0.606. The van der Waals surface area contributed by atoms with Gasteiger partial charge in [0.15, 0.2) is 0 Å². The number of alkyl halides is 1. The Morgan fingerprint density at radius 2 is 1.58 bits per heavy atom. The van der Waals surface area contributed by atoms with Crippen molar-refractivity contribution in [2.24, 2.45) is 40.9 Å². The molecule has 5 rings (SSSR count). The van der Waals surface area contributed by atoms with Crippen molar-refractivity contribution >= 4 is 0 Å². The largest absolute Gasteiger partial charge is 0.312 e. The van der Waals surface area contributed by atoms with Gasteiger partial charge in [-0.05, 0) is 107 Å². The lowest BCUT2D eigenvalue weighted by Crippen LogP contribution is -2.59. The Hall–Kier alpha value is -0.700. The molecule has 2 aliphatic heterocycles. The molecule has 0 spiro atoms. The highest BCUT2D eigenvalue weighted by molar-refractivity contribution is 5.08. The van der Waals surface area contributed by atoms with Crippen LogP contribution in [0.25, 0.3) is 0 Å². The van der Waals surface area contributed by atoms with E-state index in [1.54, 1.807) is 0 Å². The Labute approximate surface area is 188 Å². The average Bonchev–Trinajstić information content (AvgIpc) is 3.24. The van der Waals surface area contributed by atoms with Crippen molar-refractivity contribution in [2.45, 2.75) is 109 Å². The fourth-order valence-electron chi connectivity index (χ4n) is 8.35. The summed E-state index contributed by atoms with van der Waals surface area (Å²) in [7, 11) is 0. The number of halogens is 1. The molecule has 3 saturated carbocycles. The zero-order valence-electron chi connectivity index (χ0n) is 19.6. The van der Waals surface area contributed by atoms with Crippen molar-refractivity contribution in [3.05, 3.63) is 0 Å². The summed E-state index contributed by atoms with van der Waals surface area (Å²) in [5.41, 5.74) is 7.20. The van der Waals surface area contributed by atoms with E-state index >= 15 is 0 Å². The van der Waals surface area contributed by atoms with Crippen molar-refractivity contribution < 1.29 is 4.39 Å². The Kier molecular flexibility index (Phi) is 6.36. The predicted octanol–water partition coefficient (Wildman–Crippen LogP) is 4.72. The molecule has 0 aromatic heterocycles. The van der Waals surface area contributed by atoms with Crippen LogP contribution < -0.4 is 16.2 Å². The lowest BCUT2D eigenvalue weighted by atomic mass is 9.59. The van der Waals surface area contributed by atoms with Crippen LogP contribution in [0.15, 0.2) is 0 Å². The fourth-order valence-corrected chi connectivity index (χ4v) is 8.35. The van der Waals surface area contributed by atoms with Gasteiger partial charge in [0.05, 0.1) is 11.5 Å². The van der Waals surface area contributed by atoms with Crippen molar-refractivity contribution in [1.82, 2.24) is 16.2 Å². The van der Waals surface area contributed by atoms with Gasteiger partial charge in [0.2, 0.25) is 0 Å². The van der Waals surface area contributed by atoms with Gasteiger partial charge in [-0.15, -0.1) is 0 Å². The highest BCUT2D eigenvalue weighted by Gasteiger charge is 2.52. The summed E-state index contributed by atoms with van der Waals surface area (Å²) in [5.74, 6) is 3.49. The van der Waals surface area contributed by atoms with Gasteiger partial charge in [-0.1, -0.05) is 12.8 Å². The first-order valence-corrected chi connectivity index (χ1v) is 13.3. The van der Waals surface area contributed by atoms with Crippen LogP contribution in [-0.4, -0.2) is 30.8 Å². The molecule has 2 saturated heterocycles. The van der Waals surface area contributed by atoms with Crippen LogP contribution in [0.3, 0.4) is 0 Å². The predicted molar refractivity (Wildman–Crippen MR) is 122 cm³/mol. The molecular formula is C26H43FN4. The molecule has 4 nitrogen and oxygen atoms in total. The molecule has 0 amide bonds. The monoisotopic (exact) mass is 430 g/mol. The summed E-state index contributed by atoms with van der Waals surface area (Å²) in [6, 6.07) is 4.22. The third-order valence-corrected chi connectivity index (χ3v) is 10.3. The van der Waals surface area contributed by atoms with E-state index in [0.717, 1.165) is 25.8 Å². The first kappa shape index (κ1) is 22.1. The minimum atomic E-state index is -0.558. The second kappa shape index (κ2) is 8.92. The van der Waals surface area contributed by atoms with Gasteiger partial charge < -0.3 is 5.32 Å². The topological polar surface area (TPSA) is 59.9 Å². The maximum absolute atomic E-state index is 14.8. The van der Waals surface area contributed by atoms with E-state index in [9.17, 15) is 9.65 Å². The van der Waals surface area contributed by atoms with E-state index in [1.807, 2.05) is 0 Å². The summed E-state index contributed by atoms with van der Waals surface area (Å²) < 4.78 is 14.8. The summed E-state index contributed by atoms with van der Waals surface area (Å²) in [4.78, 5) is 0. The van der Waals surface area contributed by atoms with Crippen molar-refractivity contribution in [3.8, 4) is 6.07 Å². The molecule has 0 bridgehead atoms. The lowest BCUT2D eigenvalue weighted by molar-refractivity contribution is 0.0220. The third kappa shape index (κ3) is 4.18. The Bertz CT molecular complexity index is 667.